The van der Waals surface area contributed by atoms with Crippen LogP contribution in [0.15, 0.2) is 23.4 Å². The van der Waals surface area contributed by atoms with Crippen molar-refractivity contribution in [3.05, 3.63) is 39.2 Å². The van der Waals surface area contributed by atoms with Gasteiger partial charge >= 0.3 is 5.97 Å². The Hall–Kier alpha value is -2.03. The first-order chi connectivity index (χ1) is 14.9. The number of anilines is 1. The van der Waals surface area contributed by atoms with E-state index in [4.69, 9.17) is 16.3 Å². The summed E-state index contributed by atoms with van der Waals surface area (Å²) in [7, 11) is 0. The van der Waals surface area contributed by atoms with Crippen LogP contribution in [-0.4, -0.2) is 33.7 Å². The van der Waals surface area contributed by atoms with E-state index in [1.54, 1.807) is 13.0 Å². The summed E-state index contributed by atoms with van der Waals surface area (Å²) in [6, 6.07) is 5.43. The summed E-state index contributed by atoms with van der Waals surface area (Å²) in [5, 5.41) is 4.43. The van der Waals surface area contributed by atoms with Gasteiger partial charge in [0.2, 0.25) is 5.91 Å². The first kappa shape index (κ1) is 22.2. The molecule has 1 aliphatic carbocycles. The minimum absolute atomic E-state index is 0.180. The van der Waals surface area contributed by atoms with Crippen LogP contribution in [0.25, 0.3) is 11.0 Å². The van der Waals surface area contributed by atoms with Crippen molar-refractivity contribution >= 4 is 62.6 Å². The van der Waals surface area contributed by atoms with E-state index in [9.17, 15) is 9.59 Å². The number of thiophene rings is 1. The lowest BCUT2D eigenvalue weighted by atomic mass is 9.88. The molecule has 2 heterocycles. The number of hydrogen-bond acceptors (Lipinski definition) is 6. The molecule has 1 amide bonds. The van der Waals surface area contributed by atoms with E-state index >= 15 is 0 Å². The fraction of sp³-hybridized carbons (Fsp3) is 0.409. The number of carbonyl (C=O) groups excluding carboxylic acids is 2. The maximum atomic E-state index is 13.0. The second-order valence-electron chi connectivity index (χ2n) is 7.73. The summed E-state index contributed by atoms with van der Waals surface area (Å²) in [4.78, 5) is 34.5. The average Bonchev–Trinajstić information content (AvgIpc) is 3.27. The van der Waals surface area contributed by atoms with Gasteiger partial charge in [-0.1, -0.05) is 30.3 Å². The second-order valence-corrected chi connectivity index (χ2v) is 10.6. The monoisotopic (exact) mass is 477 g/mol. The molecule has 6 nitrogen and oxygen atoms in total. The van der Waals surface area contributed by atoms with Crippen LogP contribution in [0.4, 0.5) is 5.00 Å². The third-order valence-electron chi connectivity index (χ3n) is 5.31. The van der Waals surface area contributed by atoms with Gasteiger partial charge in [0, 0.05) is 9.90 Å². The fourth-order valence-electron chi connectivity index (χ4n) is 3.71. The number of hydrogen-bond donors (Lipinski definition) is 2. The molecule has 0 bridgehead atoms. The Morgan fingerprint density at radius 1 is 1.45 bits per heavy atom. The highest BCUT2D eigenvalue weighted by Gasteiger charge is 2.30. The zero-order valence-electron chi connectivity index (χ0n) is 17.6. The molecule has 0 aliphatic heterocycles. The molecule has 0 saturated heterocycles. The molecule has 1 aliphatic rings. The second kappa shape index (κ2) is 9.22. The van der Waals surface area contributed by atoms with Crippen LogP contribution in [0.2, 0.25) is 5.02 Å². The van der Waals surface area contributed by atoms with E-state index < -0.39 is 5.25 Å². The van der Waals surface area contributed by atoms with Gasteiger partial charge in [-0.3, -0.25) is 4.79 Å². The number of imidazole rings is 1. The highest BCUT2D eigenvalue weighted by atomic mass is 35.5. The van der Waals surface area contributed by atoms with Crippen LogP contribution >= 0.6 is 34.7 Å². The number of aromatic nitrogens is 2. The molecule has 0 saturated carbocycles. The average molecular weight is 478 g/mol. The molecule has 2 unspecified atom stereocenters. The van der Waals surface area contributed by atoms with Crippen LogP contribution in [0.3, 0.4) is 0 Å². The largest absolute Gasteiger partial charge is 0.462 e. The number of H-pyrrole nitrogens is 1. The number of halogens is 1. The highest BCUT2D eigenvalue weighted by Crippen LogP contribution is 2.40. The Kier molecular flexibility index (Phi) is 6.60. The number of esters is 1. The molecule has 2 N–H and O–H groups in total. The van der Waals surface area contributed by atoms with Crippen molar-refractivity contribution in [2.75, 3.05) is 11.9 Å². The lowest BCUT2D eigenvalue weighted by molar-refractivity contribution is -0.115. The molecule has 164 valence electrons. The molecule has 0 radical (unpaired) electrons. The quantitative estimate of drug-likeness (QED) is 0.351. The number of fused-ring (bicyclic) bond motifs is 2. The third kappa shape index (κ3) is 4.76. The van der Waals surface area contributed by atoms with Crippen molar-refractivity contribution in [3.63, 3.8) is 0 Å². The number of aromatic amines is 1. The lowest BCUT2D eigenvalue weighted by Crippen LogP contribution is -2.23. The number of benzene rings is 1. The first-order valence-corrected chi connectivity index (χ1v) is 12.4. The maximum absolute atomic E-state index is 13.0. The number of nitrogens with one attached hydrogen (secondary N) is 2. The molecule has 9 heteroatoms. The van der Waals surface area contributed by atoms with Gasteiger partial charge in [-0.05, 0) is 62.8 Å². The Morgan fingerprint density at radius 3 is 3.03 bits per heavy atom. The van der Waals surface area contributed by atoms with Crippen LogP contribution in [0.1, 0.15) is 48.0 Å². The fourth-order valence-corrected chi connectivity index (χ4v) is 6.10. The van der Waals surface area contributed by atoms with Gasteiger partial charge in [0.15, 0.2) is 5.16 Å². The minimum atomic E-state index is -0.413. The van der Waals surface area contributed by atoms with E-state index in [1.165, 1.54) is 28.0 Å². The molecule has 0 spiro atoms. The SMILES string of the molecule is CCOC(=O)c1c(NC(=O)C(C)Sc2nc3ccc(Cl)cc3[nH]2)sc2c1CCC(C)C2. The standard InChI is InChI=1S/C22H24ClN3O3S2/c1-4-29-21(28)18-14-7-5-11(2)9-17(14)31-20(18)26-19(27)12(3)30-22-24-15-8-6-13(23)10-16(15)25-22/h6,8,10-12H,4-5,7,9H2,1-3H3,(H,24,25)(H,26,27). The molecular weight excluding hydrogens is 454 g/mol. The number of ether oxygens (including phenoxy) is 1. The zero-order valence-corrected chi connectivity index (χ0v) is 20.0. The van der Waals surface area contributed by atoms with Crippen LogP contribution in [0, 0.1) is 5.92 Å². The van der Waals surface area contributed by atoms with Gasteiger partial charge < -0.3 is 15.0 Å². The van der Waals surface area contributed by atoms with Gasteiger partial charge in [0.1, 0.15) is 5.00 Å². The van der Waals surface area contributed by atoms with E-state index in [-0.39, 0.29) is 11.9 Å². The molecule has 2 atom stereocenters. The summed E-state index contributed by atoms with van der Waals surface area (Å²) in [6.45, 7) is 6.12. The molecule has 0 fully saturated rings. The Bertz CT molecular complexity index is 1140. The lowest BCUT2D eigenvalue weighted by Gasteiger charge is -2.18. The Balaban J connectivity index is 1.53. The Morgan fingerprint density at radius 2 is 2.26 bits per heavy atom. The maximum Gasteiger partial charge on any atom is 0.341 e. The predicted octanol–water partition coefficient (Wildman–Crippen LogP) is 5.70. The van der Waals surface area contributed by atoms with E-state index in [2.05, 4.69) is 22.2 Å². The smallest absolute Gasteiger partial charge is 0.341 e. The Labute approximate surface area is 194 Å². The predicted molar refractivity (Wildman–Crippen MR) is 127 cm³/mol. The molecule has 2 aromatic heterocycles. The van der Waals surface area contributed by atoms with Crippen molar-refractivity contribution in [2.24, 2.45) is 5.92 Å². The summed E-state index contributed by atoms with van der Waals surface area (Å²) in [6.07, 6.45) is 2.79. The molecule has 3 aromatic rings. The summed E-state index contributed by atoms with van der Waals surface area (Å²) in [5.41, 5.74) is 3.18. The normalized spacial score (nSPS) is 16.7. The number of rotatable bonds is 6. The number of amides is 1. The number of nitrogens with zero attached hydrogens (tertiary/aromatic N) is 1. The van der Waals surface area contributed by atoms with E-state index in [0.717, 1.165) is 35.9 Å². The van der Waals surface area contributed by atoms with Crippen molar-refractivity contribution < 1.29 is 14.3 Å². The highest BCUT2D eigenvalue weighted by molar-refractivity contribution is 8.00. The van der Waals surface area contributed by atoms with Crippen LogP contribution in [0.5, 0.6) is 0 Å². The van der Waals surface area contributed by atoms with Gasteiger partial charge in [0.25, 0.3) is 0 Å². The van der Waals surface area contributed by atoms with Crippen molar-refractivity contribution in [2.45, 2.75) is 50.4 Å². The zero-order chi connectivity index (χ0) is 22.1. The molecule has 4 rings (SSSR count). The molecular formula is C22H24ClN3O3S2. The summed E-state index contributed by atoms with van der Waals surface area (Å²) >= 11 is 8.86. The summed E-state index contributed by atoms with van der Waals surface area (Å²) < 4.78 is 5.29. The van der Waals surface area contributed by atoms with Crippen LogP contribution < -0.4 is 5.32 Å². The van der Waals surface area contributed by atoms with Gasteiger partial charge in [-0.15, -0.1) is 11.3 Å². The van der Waals surface area contributed by atoms with E-state index in [1.807, 2.05) is 19.1 Å². The first-order valence-electron chi connectivity index (χ1n) is 10.3. The van der Waals surface area contributed by atoms with E-state index in [0.29, 0.717) is 33.3 Å². The summed E-state index contributed by atoms with van der Waals surface area (Å²) in [5.74, 6) is 0.0285. The van der Waals surface area contributed by atoms with Crippen molar-refractivity contribution in [1.82, 2.24) is 9.97 Å². The number of thioether (sulfide) groups is 1. The third-order valence-corrected chi connectivity index (χ3v) is 7.70. The topological polar surface area (TPSA) is 84.1 Å². The van der Waals surface area contributed by atoms with Crippen molar-refractivity contribution in [3.8, 4) is 0 Å². The minimum Gasteiger partial charge on any atom is -0.462 e. The van der Waals surface area contributed by atoms with Gasteiger partial charge in [-0.25, -0.2) is 9.78 Å². The number of carbonyl (C=O) groups is 2. The van der Waals surface area contributed by atoms with Gasteiger partial charge in [-0.2, -0.15) is 0 Å². The molecule has 31 heavy (non-hydrogen) atoms. The van der Waals surface area contributed by atoms with Crippen LogP contribution in [-0.2, 0) is 22.4 Å². The van der Waals surface area contributed by atoms with Crippen molar-refractivity contribution in [1.29, 1.82) is 0 Å². The van der Waals surface area contributed by atoms with Gasteiger partial charge in [0.05, 0.1) is 28.5 Å². The molecule has 1 aromatic carbocycles.